The molecule has 36 heavy (non-hydrogen) atoms. The van der Waals surface area contributed by atoms with Crippen LogP contribution in [0.5, 0.6) is 0 Å². The summed E-state index contributed by atoms with van der Waals surface area (Å²) < 4.78 is 5.37. The zero-order valence-corrected chi connectivity index (χ0v) is 22.4. The standard InChI is InChI=1S/C29H42N4O3/c1-6-36-18-10-15-30-28(34)25-19-22(13-14-26(25)33-16-7-8-17-33)31-29(35)32-27-23(20(2)3)11-9-12-24(27)21(4)5/h9,11-14,19-21H,6-8,10,15-18H2,1-5H3,(H,30,34)(H2,31,32,35). The summed E-state index contributed by atoms with van der Waals surface area (Å²) in [5, 5.41) is 9.05. The molecule has 1 aliphatic heterocycles. The summed E-state index contributed by atoms with van der Waals surface area (Å²) in [5.41, 5.74) is 5.15. The van der Waals surface area contributed by atoms with Gasteiger partial charge in [0.25, 0.3) is 5.91 Å². The number of hydrogen-bond acceptors (Lipinski definition) is 4. The summed E-state index contributed by atoms with van der Waals surface area (Å²) in [5.74, 6) is 0.415. The minimum Gasteiger partial charge on any atom is -0.382 e. The van der Waals surface area contributed by atoms with E-state index in [4.69, 9.17) is 4.74 Å². The summed E-state index contributed by atoms with van der Waals surface area (Å²) in [6, 6.07) is 11.4. The monoisotopic (exact) mass is 494 g/mol. The highest BCUT2D eigenvalue weighted by molar-refractivity contribution is 6.04. The third kappa shape index (κ3) is 7.23. The molecule has 0 atom stereocenters. The Bertz CT molecular complexity index is 1000. The zero-order valence-electron chi connectivity index (χ0n) is 22.4. The Balaban J connectivity index is 1.79. The molecule has 2 aromatic rings. The van der Waals surface area contributed by atoms with Gasteiger partial charge in [-0.2, -0.15) is 0 Å². The lowest BCUT2D eigenvalue weighted by molar-refractivity contribution is 0.0944. The molecule has 1 fully saturated rings. The van der Waals surface area contributed by atoms with Crippen LogP contribution in [-0.2, 0) is 4.74 Å². The van der Waals surface area contributed by atoms with Crippen LogP contribution in [0.3, 0.4) is 0 Å². The third-order valence-electron chi connectivity index (χ3n) is 6.51. The molecule has 1 aliphatic rings. The molecule has 196 valence electrons. The van der Waals surface area contributed by atoms with Gasteiger partial charge in [0.2, 0.25) is 0 Å². The fourth-order valence-electron chi connectivity index (χ4n) is 4.62. The Morgan fingerprint density at radius 1 is 0.972 bits per heavy atom. The van der Waals surface area contributed by atoms with Crippen LogP contribution in [0.4, 0.5) is 21.9 Å². The van der Waals surface area contributed by atoms with Gasteiger partial charge in [0.05, 0.1) is 5.56 Å². The van der Waals surface area contributed by atoms with Gasteiger partial charge in [0.1, 0.15) is 0 Å². The highest BCUT2D eigenvalue weighted by Gasteiger charge is 2.21. The van der Waals surface area contributed by atoms with Crippen molar-refractivity contribution in [2.75, 3.05) is 48.4 Å². The molecule has 0 radical (unpaired) electrons. The van der Waals surface area contributed by atoms with Crippen molar-refractivity contribution in [1.29, 1.82) is 0 Å². The molecular formula is C29H42N4O3. The van der Waals surface area contributed by atoms with Crippen molar-refractivity contribution in [1.82, 2.24) is 5.32 Å². The number of ether oxygens (including phenoxy) is 1. The van der Waals surface area contributed by atoms with Gasteiger partial charge in [0.15, 0.2) is 0 Å². The number of benzene rings is 2. The van der Waals surface area contributed by atoms with Gasteiger partial charge in [-0.15, -0.1) is 0 Å². The van der Waals surface area contributed by atoms with Crippen molar-refractivity contribution in [3.63, 3.8) is 0 Å². The lowest BCUT2D eigenvalue weighted by Crippen LogP contribution is -2.29. The first-order chi connectivity index (χ1) is 17.3. The van der Waals surface area contributed by atoms with Gasteiger partial charge in [-0.25, -0.2) is 4.79 Å². The van der Waals surface area contributed by atoms with Crippen molar-refractivity contribution in [2.24, 2.45) is 0 Å². The number of anilines is 3. The second-order valence-corrected chi connectivity index (χ2v) is 9.93. The van der Waals surface area contributed by atoms with Crippen LogP contribution in [0.1, 0.15) is 87.2 Å². The highest BCUT2D eigenvalue weighted by Crippen LogP contribution is 2.33. The number of para-hydroxylation sites is 1. The SMILES string of the molecule is CCOCCCNC(=O)c1cc(NC(=O)Nc2c(C(C)C)cccc2C(C)C)ccc1N1CCCC1. The number of carbonyl (C=O) groups is 2. The van der Waals surface area contributed by atoms with Crippen LogP contribution in [-0.4, -0.2) is 44.8 Å². The number of carbonyl (C=O) groups excluding carboxylic acids is 2. The highest BCUT2D eigenvalue weighted by atomic mass is 16.5. The minimum absolute atomic E-state index is 0.135. The maximum atomic E-state index is 13.1. The van der Waals surface area contributed by atoms with Crippen LogP contribution < -0.4 is 20.9 Å². The summed E-state index contributed by atoms with van der Waals surface area (Å²) in [6.07, 6.45) is 2.99. The van der Waals surface area contributed by atoms with Crippen LogP contribution in [0.15, 0.2) is 36.4 Å². The van der Waals surface area contributed by atoms with E-state index >= 15 is 0 Å². The van der Waals surface area contributed by atoms with E-state index in [2.05, 4.69) is 60.7 Å². The molecule has 0 bridgehead atoms. The Kier molecular flexibility index (Phi) is 10.2. The Morgan fingerprint density at radius 3 is 2.25 bits per heavy atom. The van der Waals surface area contributed by atoms with Crippen LogP contribution in [0.25, 0.3) is 0 Å². The van der Waals surface area contributed by atoms with E-state index in [1.54, 1.807) is 6.07 Å². The second kappa shape index (κ2) is 13.3. The first-order valence-corrected chi connectivity index (χ1v) is 13.3. The van der Waals surface area contributed by atoms with Gasteiger partial charge in [0, 0.05) is 49.9 Å². The molecule has 3 amide bonds. The summed E-state index contributed by atoms with van der Waals surface area (Å²) in [7, 11) is 0. The molecule has 1 heterocycles. The van der Waals surface area contributed by atoms with Crippen molar-refractivity contribution in [3.05, 3.63) is 53.1 Å². The first kappa shape index (κ1) is 27.5. The topological polar surface area (TPSA) is 82.7 Å². The Hall–Kier alpha value is -3.06. The van der Waals surface area contributed by atoms with Gasteiger partial charge in [-0.1, -0.05) is 45.9 Å². The fraction of sp³-hybridized carbons (Fsp3) is 0.517. The van der Waals surface area contributed by atoms with Crippen LogP contribution in [0, 0.1) is 0 Å². The van der Waals surface area contributed by atoms with Crippen molar-refractivity contribution in [3.8, 4) is 0 Å². The molecule has 7 nitrogen and oxygen atoms in total. The zero-order chi connectivity index (χ0) is 26.1. The van der Waals surface area contributed by atoms with E-state index in [0.717, 1.165) is 54.9 Å². The Morgan fingerprint density at radius 2 is 1.64 bits per heavy atom. The fourth-order valence-corrected chi connectivity index (χ4v) is 4.62. The number of urea groups is 1. The van der Waals surface area contributed by atoms with E-state index in [9.17, 15) is 9.59 Å². The van der Waals surface area contributed by atoms with Crippen LogP contribution in [0.2, 0.25) is 0 Å². The third-order valence-corrected chi connectivity index (χ3v) is 6.51. The number of nitrogens with zero attached hydrogens (tertiary/aromatic N) is 1. The van der Waals surface area contributed by atoms with Gasteiger partial charge in [-0.05, 0) is 67.3 Å². The van der Waals surface area contributed by atoms with Gasteiger partial charge in [-0.3, -0.25) is 4.79 Å². The predicted octanol–water partition coefficient (Wildman–Crippen LogP) is 6.33. The van der Waals surface area contributed by atoms with Crippen molar-refractivity contribution >= 4 is 29.0 Å². The number of nitrogens with one attached hydrogen (secondary N) is 3. The van der Waals surface area contributed by atoms with Gasteiger partial charge < -0.3 is 25.6 Å². The maximum Gasteiger partial charge on any atom is 0.323 e. The molecule has 2 aromatic carbocycles. The quantitative estimate of drug-likeness (QED) is 0.319. The molecule has 3 rings (SSSR count). The number of amides is 3. The maximum absolute atomic E-state index is 13.1. The van der Waals surface area contributed by atoms with Crippen molar-refractivity contribution in [2.45, 2.75) is 65.7 Å². The molecule has 3 N–H and O–H groups in total. The molecule has 0 unspecified atom stereocenters. The van der Waals surface area contributed by atoms with Crippen molar-refractivity contribution < 1.29 is 14.3 Å². The lowest BCUT2D eigenvalue weighted by atomic mass is 9.93. The molecule has 0 spiro atoms. The van der Waals surface area contributed by atoms with E-state index in [1.165, 1.54) is 0 Å². The Labute approximate surface area is 216 Å². The van der Waals surface area contributed by atoms with E-state index in [0.29, 0.717) is 31.0 Å². The van der Waals surface area contributed by atoms with E-state index < -0.39 is 0 Å². The van der Waals surface area contributed by atoms with E-state index in [1.807, 2.05) is 25.1 Å². The average Bonchev–Trinajstić information content (AvgIpc) is 3.38. The second-order valence-electron chi connectivity index (χ2n) is 9.93. The lowest BCUT2D eigenvalue weighted by Gasteiger charge is -2.22. The van der Waals surface area contributed by atoms with E-state index in [-0.39, 0.29) is 23.8 Å². The first-order valence-electron chi connectivity index (χ1n) is 13.3. The molecule has 0 saturated carbocycles. The smallest absolute Gasteiger partial charge is 0.323 e. The molecule has 0 aromatic heterocycles. The average molecular weight is 495 g/mol. The summed E-state index contributed by atoms with van der Waals surface area (Å²) >= 11 is 0. The number of hydrogen-bond donors (Lipinski definition) is 3. The largest absolute Gasteiger partial charge is 0.382 e. The predicted molar refractivity (Wildman–Crippen MR) is 149 cm³/mol. The molecule has 7 heteroatoms. The molecular weight excluding hydrogens is 452 g/mol. The number of rotatable bonds is 11. The summed E-state index contributed by atoms with van der Waals surface area (Å²) in [4.78, 5) is 28.4. The summed E-state index contributed by atoms with van der Waals surface area (Å²) in [6.45, 7) is 14.1. The normalized spacial score (nSPS) is 13.4. The molecule has 0 aliphatic carbocycles. The molecule has 1 saturated heterocycles. The minimum atomic E-state index is -0.318. The van der Waals surface area contributed by atoms with Crippen LogP contribution >= 0.6 is 0 Å². The van der Waals surface area contributed by atoms with Gasteiger partial charge >= 0.3 is 6.03 Å².